The Balaban J connectivity index is 2.92. The van der Waals surface area contributed by atoms with Crippen molar-refractivity contribution in [2.45, 2.75) is 39.5 Å². The number of nitrogens with zero attached hydrogens (tertiary/aromatic N) is 5. The number of aromatic nitrogens is 3. The highest BCUT2D eigenvalue weighted by Gasteiger charge is 2.20. The molecule has 26 heavy (non-hydrogen) atoms. The molecule has 0 atom stereocenters. The molecule has 0 aliphatic rings. The Bertz CT molecular complexity index is 549. The molecular formula is C16H30N8O2. The van der Waals surface area contributed by atoms with Crippen molar-refractivity contribution >= 4 is 29.9 Å². The molecule has 1 heterocycles. The predicted octanol–water partition coefficient (Wildman–Crippen LogP) is 1.81. The highest BCUT2D eigenvalue weighted by atomic mass is 16.2. The van der Waals surface area contributed by atoms with E-state index in [2.05, 4.69) is 44.7 Å². The van der Waals surface area contributed by atoms with Crippen molar-refractivity contribution in [2.24, 2.45) is 0 Å². The van der Waals surface area contributed by atoms with E-state index < -0.39 is 0 Å². The van der Waals surface area contributed by atoms with Crippen LogP contribution in [-0.4, -0.2) is 61.2 Å². The molecule has 0 saturated heterocycles. The van der Waals surface area contributed by atoms with E-state index in [1.54, 1.807) is 21.1 Å². The Morgan fingerprint density at radius 2 is 1.27 bits per heavy atom. The fourth-order valence-electron chi connectivity index (χ4n) is 1.93. The van der Waals surface area contributed by atoms with Crippen molar-refractivity contribution in [1.29, 1.82) is 0 Å². The van der Waals surface area contributed by atoms with Crippen LogP contribution in [0.25, 0.3) is 0 Å². The van der Waals surface area contributed by atoms with E-state index >= 15 is 0 Å². The molecule has 0 radical (unpaired) electrons. The smallest absolute Gasteiger partial charge is 0.324 e. The van der Waals surface area contributed by atoms with Gasteiger partial charge < -0.3 is 16.0 Å². The molecule has 146 valence electrons. The first-order valence-electron chi connectivity index (χ1n) is 8.91. The summed E-state index contributed by atoms with van der Waals surface area (Å²) in [5.41, 5.74) is 0. The summed E-state index contributed by atoms with van der Waals surface area (Å²) in [4.78, 5) is 39.6. The Hall–Kier alpha value is -2.65. The molecule has 0 unspecified atom stereocenters. The van der Waals surface area contributed by atoms with Crippen LogP contribution in [0.5, 0.6) is 0 Å². The lowest BCUT2D eigenvalue weighted by molar-refractivity contribution is 0.246. The zero-order valence-corrected chi connectivity index (χ0v) is 16.3. The van der Waals surface area contributed by atoms with Gasteiger partial charge in [0.1, 0.15) is 0 Å². The summed E-state index contributed by atoms with van der Waals surface area (Å²) < 4.78 is 0. The highest BCUT2D eigenvalue weighted by Crippen LogP contribution is 2.15. The molecule has 3 N–H and O–H groups in total. The van der Waals surface area contributed by atoms with Gasteiger partial charge in [-0.2, -0.15) is 15.0 Å². The first kappa shape index (κ1) is 21.4. The van der Waals surface area contributed by atoms with Gasteiger partial charge >= 0.3 is 12.1 Å². The van der Waals surface area contributed by atoms with E-state index in [0.717, 1.165) is 25.7 Å². The topological polar surface area (TPSA) is 115 Å². The molecule has 0 aliphatic heterocycles. The van der Waals surface area contributed by atoms with Crippen molar-refractivity contribution in [3.8, 4) is 0 Å². The zero-order valence-electron chi connectivity index (χ0n) is 16.3. The number of carbonyl (C=O) groups excluding carboxylic acids is 2. The molecule has 0 aliphatic carbocycles. The van der Waals surface area contributed by atoms with Gasteiger partial charge in [-0.3, -0.25) is 9.80 Å². The summed E-state index contributed by atoms with van der Waals surface area (Å²) in [6, 6.07) is -0.625. The SMILES string of the molecule is CCCCNC(=O)N(C)c1nc(NC)nc(N(C)C(=O)NCCCC)n1. The van der Waals surface area contributed by atoms with Crippen LogP contribution in [0, 0.1) is 0 Å². The molecule has 0 aromatic carbocycles. The number of hydrogen-bond acceptors (Lipinski definition) is 6. The monoisotopic (exact) mass is 366 g/mol. The van der Waals surface area contributed by atoms with Crippen LogP contribution < -0.4 is 25.8 Å². The molecule has 10 heteroatoms. The van der Waals surface area contributed by atoms with Gasteiger partial charge in [0.15, 0.2) is 0 Å². The number of rotatable bonds is 9. The molecule has 1 aromatic heterocycles. The number of urea groups is 2. The Kier molecular flexibility index (Phi) is 9.10. The highest BCUT2D eigenvalue weighted by molar-refractivity contribution is 5.91. The average molecular weight is 366 g/mol. The third-order valence-electron chi connectivity index (χ3n) is 3.66. The lowest BCUT2D eigenvalue weighted by atomic mass is 10.3. The number of unbranched alkanes of at least 4 members (excludes halogenated alkanes) is 2. The van der Waals surface area contributed by atoms with Crippen molar-refractivity contribution in [3.63, 3.8) is 0 Å². The van der Waals surface area contributed by atoms with Crippen LogP contribution in [0.1, 0.15) is 39.5 Å². The predicted molar refractivity (Wildman–Crippen MR) is 103 cm³/mol. The molecule has 1 rings (SSSR count). The number of amides is 4. The average Bonchev–Trinajstić information content (AvgIpc) is 2.66. The molecule has 0 bridgehead atoms. The second-order valence-electron chi connectivity index (χ2n) is 5.80. The van der Waals surface area contributed by atoms with Crippen molar-refractivity contribution in [1.82, 2.24) is 25.6 Å². The van der Waals surface area contributed by atoms with E-state index in [9.17, 15) is 9.59 Å². The number of carbonyl (C=O) groups is 2. The van der Waals surface area contributed by atoms with E-state index in [1.807, 2.05) is 0 Å². The minimum Gasteiger partial charge on any atom is -0.357 e. The zero-order chi connectivity index (χ0) is 19.5. The second kappa shape index (κ2) is 11.1. The maximum atomic E-state index is 12.2. The first-order chi connectivity index (χ1) is 12.4. The Morgan fingerprint density at radius 1 is 0.846 bits per heavy atom. The summed E-state index contributed by atoms with van der Waals surface area (Å²) in [5.74, 6) is 0.578. The van der Waals surface area contributed by atoms with Crippen LogP contribution >= 0.6 is 0 Å². The number of anilines is 3. The molecule has 0 fully saturated rings. The van der Waals surface area contributed by atoms with Crippen LogP contribution in [-0.2, 0) is 0 Å². The van der Waals surface area contributed by atoms with Crippen molar-refractivity contribution < 1.29 is 9.59 Å². The van der Waals surface area contributed by atoms with Crippen LogP contribution in [0.15, 0.2) is 0 Å². The largest absolute Gasteiger partial charge is 0.357 e. The van der Waals surface area contributed by atoms with E-state index in [1.165, 1.54) is 9.80 Å². The number of nitrogens with one attached hydrogen (secondary N) is 3. The van der Waals surface area contributed by atoms with Gasteiger partial charge in [-0.1, -0.05) is 26.7 Å². The lowest BCUT2D eigenvalue weighted by Gasteiger charge is -2.20. The van der Waals surface area contributed by atoms with Crippen molar-refractivity contribution in [3.05, 3.63) is 0 Å². The third kappa shape index (κ3) is 6.34. The third-order valence-corrected chi connectivity index (χ3v) is 3.66. The minimum absolute atomic E-state index is 0.154. The van der Waals surface area contributed by atoms with E-state index in [4.69, 9.17) is 0 Å². The summed E-state index contributed by atoms with van der Waals surface area (Å²) in [5, 5.41) is 8.42. The Labute approximate surface area is 154 Å². The van der Waals surface area contributed by atoms with Crippen molar-refractivity contribution in [2.75, 3.05) is 49.3 Å². The molecule has 0 spiro atoms. The quantitative estimate of drug-likeness (QED) is 0.574. The van der Waals surface area contributed by atoms with Gasteiger partial charge in [-0.15, -0.1) is 0 Å². The number of hydrogen-bond donors (Lipinski definition) is 3. The molecule has 4 amide bonds. The fraction of sp³-hybridized carbons (Fsp3) is 0.688. The van der Waals surface area contributed by atoms with Gasteiger partial charge in [-0.25, -0.2) is 9.59 Å². The van der Waals surface area contributed by atoms with E-state index in [-0.39, 0.29) is 29.9 Å². The summed E-state index contributed by atoms with van der Waals surface area (Å²) in [7, 11) is 4.80. The second-order valence-corrected chi connectivity index (χ2v) is 5.80. The minimum atomic E-state index is -0.312. The Morgan fingerprint density at radius 3 is 1.62 bits per heavy atom. The van der Waals surface area contributed by atoms with Crippen LogP contribution in [0.3, 0.4) is 0 Å². The van der Waals surface area contributed by atoms with Gasteiger partial charge in [0.05, 0.1) is 0 Å². The van der Waals surface area contributed by atoms with Gasteiger partial charge in [-0.05, 0) is 12.8 Å². The summed E-state index contributed by atoms with van der Waals surface area (Å²) >= 11 is 0. The first-order valence-corrected chi connectivity index (χ1v) is 8.91. The van der Waals surface area contributed by atoms with Crippen LogP contribution in [0.2, 0.25) is 0 Å². The molecule has 10 nitrogen and oxygen atoms in total. The fourth-order valence-corrected chi connectivity index (χ4v) is 1.93. The standard InChI is InChI=1S/C16H30N8O2/c1-6-8-10-18-15(25)23(4)13-20-12(17-3)21-14(22-13)24(5)16(26)19-11-9-7-2/h6-11H2,1-5H3,(H,18,25)(H,19,26)(H,17,20,21,22). The van der Waals surface area contributed by atoms with Crippen LogP contribution in [0.4, 0.5) is 27.4 Å². The molecule has 1 aromatic rings. The van der Waals surface area contributed by atoms with E-state index in [0.29, 0.717) is 13.1 Å². The summed E-state index contributed by atoms with van der Waals surface area (Å²) in [6.45, 7) is 5.26. The normalized spacial score (nSPS) is 10.2. The maximum Gasteiger partial charge on any atom is 0.324 e. The summed E-state index contributed by atoms with van der Waals surface area (Å²) in [6.07, 6.45) is 3.76. The maximum absolute atomic E-state index is 12.2. The molecular weight excluding hydrogens is 336 g/mol. The lowest BCUT2D eigenvalue weighted by Crippen LogP contribution is -2.41. The van der Waals surface area contributed by atoms with Gasteiger partial charge in [0.25, 0.3) is 0 Å². The van der Waals surface area contributed by atoms with Gasteiger partial charge in [0.2, 0.25) is 17.8 Å². The van der Waals surface area contributed by atoms with Gasteiger partial charge in [0, 0.05) is 34.2 Å². The molecule has 0 saturated carbocycles.